The third-order valence-corrected chi connectivity index (χ3v) is 6.10. The summed E-state index contributed by atoms with van der Waals surface area (Å²) in [6.45, 7) is 2.20. The van der Waals surface area contributed by atoms with Gasteiger partial charge in [0.15, 0.2) is 0 Å². The Kier molecular flexibility index (Phi) is 7.41. The van der Waals surface area contributed by atoms with Crippen molar-refractivity contribution in [3.05, 3.63) is 100 Å². The molecule has 1 atom stereocenters. The highest BCUT2D eigenvalue weighted by Crippen LogP contribution is 2.42. The fraction of sp³-hybridized carbons (Fsp3) is 0.179. The van der Waals surface area contributed by atoms with Crippen LogP contribution in [0.3, 0.4) is 0 Å². The van der Waals surface area contributed by atoms with Crippen LogP contribution in [-0.2, 0) is 14.3 Å². The van der Waals surface area contributed by atoms with Gasteiger partial charge in [-0.15, -0.1) is 0 Å². The molecule has 1 saturated heterocycles. The van der Waals surface area contributed by atoms with Crippen LogP contribution >= 0.6 is 11.6 Å². The molecule has 8 heteroatoms. The van der Waals surface area contributed by atoms with Crippen LogP contribution in [0.2, 0.25) is 5.02 Å². The van der Waals surface area contributed by atoms with Crippen molar-refractivity contribution in [1.82, 2.24) is 0 Å². The molecule has 4 rings (SSSR count). The fourth-order valence-corrected chi connectivity index (χ4v) is 4.31. The summed E-state index contributed by atoms with van der Waals surface area (Å²) in [4.78, 5) is 40.0. The molecule has 1 fully saturated rings. The monoisotopic (exact) mass is 505 g/mol. The number of halogens is 1. The number of anilines is 1. The standard InChI is InChI=1S/C28H24ClNO6/c1-3-15-36-28(34)18-9-12-20(13-10-18)30-24(17-7-5-4-6-8-17)23(26(32)27(30)33)25(31)19-11-14-22(35-2)21(29)16-19/h4-14,16,24,31H,3,15H2,1-2H3/b25-23-. The van der Waals surface area contributed by atoms with Gasteiger partial charge in [0.2, 0.25) is 0 Å². The Morgan fingerprint density at radius 1 is 1.00 bits per heavy atom. The van der Waals surface area contributed by atoms with Crippen LogP contribution in [-0.4, -0.2) is 36.5 Å². The maximum Gasteiger partial charge on any atom is 0.338 e. The number of benzene rings is 3. The van der Waals surface area contributed by atoms with Gasteiger partial charge in [0.05, 0.1) is 35.9 Å². The highest BCUT2D eigenvalue weighted by Gasteiger charge is 2.47. The average molecular weight is 506 g/mol. The van der Waals surface area contributed by atoms with Gasteiger partial charge in [0.25, 0.3) is 11.7 Å². The predicted octanol–water partition coefficient (Wildman–Crippen LogP) is 5.54. The number of methoxy groups -OCH3 is 1. The van der Waals surface area contributed by atoms with E-state index in [1.54, 1.807) is 48.5 Å². The number of Topliss-reactive ketones (excluding diaryl/α,β-unsaturated/α-hetero) is 1. The molecule has 1 aliphatic rings. The second kappa shape index (κ2) is 10.7. The van der Waals surface area contributed by atoms with Gasteiger partial charge in [0, 0.05) is 11.3 Å². The molecule has 3 aromatic carbocycles. The molecule has 36 heavy (non-hydrogen) atoms. The van der Waals surface area contributed by atoms with E-state index in [1.165, 1.54) is 30.2 Å². The summed E-state index contributed by atoms with van der Waals surface area (Å²) in [5.74, 6) is -2.05. The molecule has 0 saturated carbocycles. The van der Waals surface area contributed by atoms with Crippen molar-refractivity contribution in [2.75, 3.05) is 18.6 Å². The van der Waals surface area contributed by atoms with Gasteiger partial charge in [-0.2, -0.15) is 0 Å². The van der Waals surface area contributed by atoms with Crippen LogP contribution in [0.4, 0.5) is 5.69 Å². The maximum absolute atomic E-state index is 13.3. The predicted molar refractivity (Wildman–Crippen MR) is 136 cm³/mol. The van der Waals surface area contributed by atoms with Crippen molar-refractivity contribution in [2.45, 2.75) is 19.4 Å². The molecule has 0 aromatic heterocycles. The number of hydrogen-bond acceptors (Lipinski definition) is 6. The van der Waals surface area contributed by atoms with Crippen molar-refractivity contribution in [3.8, 4) is 5.75 Å². The summed E-state index contributed by atoms with van der Waals surface area (Å²) in [6.07, 6.45) is 0.699. The van der Waals surface area contributed by atoms with Crippen molar-refractivity contribution in [2.24, 2.45) is 0 Å². The van der Waals surface area contributed by atoms with Crippen LogP contribution in [0.25, 0.3) is 5.76 Å². The van der Waals surface area contributed by atoms with Gasteiger partial charge in [-0.1, -0.05) is 48.9 Å². The highest BCUT2D eigenvalue weighted by atomic mass is 35.5. The number of ether oxygens (including phenoxy) is 2. The van der Waals surface area contributed by atoms with E-state index in [4.69, 9.17) is 21.1 Å². The Morgan fingerprint density at radius 3 is 2.28 bits per heavy atom. The molecule has 1 amide bonds. The van der Waals surface area contributed by atoms with Crippen LogP contribution in [0.5, 0.6) is 5.75 Å². The van der Waals surface area contributed by atoms with Gasteiger partial charge in [-0.05, 0) is 54.4 Å². The Balaban J connectivity index is 1.81. The van der Waals surface area contributed by atoms with E-state index in [2.05, 4.69) is 0 Å². The van der Waals surface area contributed by atoms with Crippen molar-refractivity contribution < 1.29 is 29.0 Å². The summed E-state index contributed by atoms with van der Waals surface area (Å²) in [5.41, 5.74) is 1.55. The molecule has 1 aliphatic heterocycles. The van der Waals surface area contributed by atoms with E-state index in [-0.39, 0.29) is 21.9 Å². The van der Waals surface area contributed by atoms with E-state index in [0.29, 0.717) is 35.6 Å². The Morgan fingerprint density at radius 2 is 1.67 bits per heavy atom. The Hall–Kier alpha value is -4.10. The fourth-order valence-electron chi connectivity index (χ4n) is 4.05. The quantitative estimate of drug-likeness (QED) is 0.196. The molecule has 0 spiro atoms. The number of aliphatic hydroxyl groups is 1. The molecule has 1 unspecified atom stereocenters. The van der Waals surface area contributed by atoms with E-state index in [9.17, 15) is 19.5 Å². The number of hydrogen-bond donors (Lipinski definition) is 1. The maximum atomic E-state index is 13.3. The average Bonchev–Trinajstić information content (AvgIpc) is 3.17. The lowest BCUT2D eigenvalue weighted by Crippen LogP contribution is -2.29. The number of nitrogens with zero attached hydrogens (tertiary/aromatic N) is 1. The van der Waals surface area contributed by atoms with Gasteiger partial charge < -0.3 is 14.6 Å². The SMILES string of the molecule is CCCOC(=O)c1ccc(N2C(=O)C(=O)/C(=C(\O)c3ccc(OC)c(Cl)c3)C2c2ccccc2)cc1. The number of carbonyl (C=O) groups is 3. The lowest BCUT2D eigenvalue weighted by molar-refractivity contribution is -0.132. The Bertz CT molecular complexity index is 1330. The number of aliphatic hydroxyl groups excluding tert-OH is 1. The van der Waals surface area contributed by atoms with E-state index < -0.39 is 23.7 Å². The minimum atomic E-state index is -0.898. The summed E-state index contributed by atoms with van der Waals surface area (Å²) in [5, 5.41) is 11.5. The lowest BCUT2D eigenvalue weighted by Gasteiger charge is -2.25. The number of esters is 1. The Labute approximate surface area is 213 Å². The van der Waals surface area contributed by atoms with Gasteiger partial charge in [0.1, 0.15) is 11.5 Å². The summed E-state index contributed by atoms with van der Waals surface area (Å²) < 4.78 is 10.3. The highest BCUT2D eigenvalue weighted by molar-refractivity contribution is 6.51. The third-order valence-electron chi connectivity index (χ3n) is 5.80. The van der Waals surface area contributed by atoms with E-state index in [1.807, 2.05) is 13.0 Å². The molecule has 7 nitrogen and oxygen atoms in total. The molecule has 0 aliphatic carbocycles. The van der Waals surface area contributed by atoms with Crippen LogP contribution in [0, 0.1) is 0 Å². The summed E-state index contributed by atoms with van der Waals surface area (Å²) >= 11 is 6.24. The van der Waals surface area contributed by atoms with E-state index in [0.717, 1.165) is 0 Å². The van der Waals surface area contributed by atoms with Gasteiger partial charge in [-0.3, -0.25) is 14.5 Å². The summed E-state index contributed by atoms with van der Waals surface area (Å²) in [7, 11) is 1.47. The first-order valence-corrected chi connectivity index (χ1v) is 11.7. The van der Waals surface area contributed by atoms with Crippen molar-refractivity contribution >= 4 is 40.7 Å². The van der Waals surface area contributed by atoms with Crippen molar-refractivity contribution in [3.63, 3.8) is 0 Å². The first kappa shape index (κ1) is 25.0. The number of rotatable bonds is 7. The second-order valence-corrected chi connectivity index (χ2v) is 8.52. The molecule has 184 valence electrons. The lowest BCUT2D eigenvalue weighted by atomic mass is 9.95. The molecule has 1 heterocycles. The zero-order valence-corrected chi connectivity index (χ0v) is 20.5. The molecule has 0 bridgehead atoms. The minimum absolute atomic E-state index is 0.0705. The van der Waals surface area contributed by atoms with Crippen LogP contribution in [0.15, 0.2) is 78.4 Å². The number of carbonyl (C=O) groups excluding carboxylic acids is 3. The van der Waals surface area contributed by atoms with Gasteiger partial charge in [-0.25, -0.2) is 4.79 Å². The van der Waals surface area contributed by atoms with E-state index >= 15 is 0 Å². The summed E-state index contributed by atoms with van der Waals surface area (Å²) in [6, 6.07) is 18.9. The largest absolute Gasteiger partial charge is 0.507 e. The number of amides is 1. The first-order chi connectivity index (χ1) is 17.4. The number of ketones is 1. The first-order valence-electron chi connectivity index (χ1n) is 11.3. The smallest absolute Gasteiger partial charge is 0.338 e. The topological polar surface area (TPSA) is 93.1 Å². The zero-order chi connectivity index (χ0) is 25.8. The second-order valence-electron chi connectivity index (χ2n) is 8.11. The molecule has 0 radical (unpaired) electrons. The molecular weight excluding hydrogens is 482 g/mol. The molecule has 3 aromatic rings. The normalized spacial score (nSPS) is 16.8. The van der Waals surface area contributed by atoms with Gasteiger partial charge >= 0.3 is 5.97 Å². The van der Waals surface area contributed by atoms with Crippen LogP contribution < -0.4 is 9.64 Å². The third kappa shape index (κ3) is 4.70. The molecular formula is C28H24ClNO6. The van der Waals surface area contributed by atoms with Crippen LogP contribution in [0.1, 0.15) is 40.9 Å². The minimum Gasteiger partial charge on any atom is -0.507 e. The molecule has 1 N–H and O–H groups in total. The zero-order valence-electron chi connectivity index (χ0n) is 19.7. The van der Waals surface area contributed by atoms with Crippen molar-refractivity contribution in [1.29, 1.82) is 0 Å².